The smallest absolute Gasteiger partial charge is 0.0629 e. The van der Waals surface area contributed by atoms with Crippen LogP contribution in [-0.4, -0.2) is 10.6 Å². The van der Waals surface area contributed by atoms with E-state index in [1.807, 2.05) is 0 Å². The van der Waals surface area contributed by atoms with E-state index < -0.39 is 0 Å². The van der Waals surface area contributed by atoms with Gasteiger partial charge in [-0.25, -0.2) is 0 Å². The number of benzene rings is 8. The van der Waals surface area contributed by atoms with E-state index >= 15 is 0 Å². The Balaban J connectivity index is 0.842. The zero-order valence-corrected chi connectivity index (χ0v) is 36.2. The zero-order chi connectivity index (χ0) is 43.1. The van der Waals surface area contributed by atoms with Crippen molar-refractivity contribution in [3.63, 3.8) is 0 Å². The Morgan fingerprint density at radius 1 is 0.492 bits per heavy atom. The minimum Gasteiger partial charge on any atom is -0.333 e. The molecule has 0 amide bonds. The predicted octanol–water partition coefficient (Wildman–Crippen LogP) is 16.1. The van der Waals surface area contributed by atoms with Crippen LogP contribution in [0.3, 0.4) is 0 Å². The summed E-state index contributed by atoms with van der Waals surface area (Å²) in [5, 5.41) is 2.64. The van der Waals surface area contributed by atoms with Gasteiger partial charge in [-0.3, -0.25) is 0 Å². The molecule has 4 unspecified atom stereocenters. The highest BCUT2D eigenvalue weighted by molar-refractivity contribution is 6.08. The van der Waals surface area contributed by atoms with Gasteiger partial charge < -0.3 is 14.4 Å². The van der Waals surface area contributed by atoms with E-state index in [2.05, 4.69) is 263 Å². The molecule has 8 aromatic carbocycles. The number of rotatable bonds is 10. The maximum atomic E-state index is 2.53. The second-order valence-electron chi connectivity index (χ2n) is 17.6. The highest BCUT2D eigenvalue weighted by atomic mass is 15.2. The first kappa shape index (κ1) is 38.8. The molecule has 0 radical (unpaired) electrons. The fourth-order valence-electron chi connectivity index (χ4n) is 10.7. The van der Waals surface area contributed by atoms with E-state index in [9.17, 15) is 0 Å². The van der Waals surface area contributed by atoms with Gasteiger partial charge in [0, 0.05) is 62.1 Å². The Morgan fingerprint density at radius 3 is 1.91 bits per heavy atom. The van der Waals surface area contributed by atoms with E-state index in [4.69, 9.17) is 0 Å². The summed E-state index contributed by atoms with van der Waals surface area (Å²) < 4.78 is 2.53. The molecule has 65 heavy (non-hydrogen) atoms. The fraction of sp³-hybridized carbons (Fsp3) is 0.0968. The van der Waals surface area contributed by atoms with Gasteiger partial charge in [-0.1, -0.05) is 176 Å². The molecule has 12 rings (SSSR count). The average Bonchev–Trinajstić information content (AvgIpc) is 3.89. The summed E-state index contributed by atoms with van der Waals surface area (Å²) in [5.41, 5.74) is 16.3. The van der Waals surface area contributed by atoms with Gasteiger partial charge in [-0.15, -0.1) is 0 Å². The summed E-state index contributed by atoms with van der Waals surface area (Å²) in [7, 11) is 0. The van der Waals surface area contributed by atoms with Crippen LogP contribution in [0.15, 0.2) is 249 Å². The molecule has 2 heterocycles. The van der Waals surface area contributed by atoms with Crippen molar-refractivity contribution in [2.24, 2.45) is 0 Å². The number of fused-ring (bicyclic) bond motifs is 6. The average molecular weight is 836 g/mol. The number of para-hydroxylation sites is 3. The highest BCUT2D eigenvalue weighted by Crippen LogP contribution is 2.50. The van der Waals surface area contributed by atoms with Crippen LogP contribution in [0.4, 0.5) is 28.4 Å². The Hall–Kier alpha value is -7.88. The molecule has 0 saturated carbocycles. The minimum absolute atomic E-state index is 0.214. The van der Waals surface area contributed by atoms with Gasteiger partial charge in [0.15, 0.2) is 0 Å². The first-order chi connectivity index (χ1) is 32.2. The predicted molar refractivity (Wildman–Crippen MR) is 273 cm³/mol. The molecule has 0 spiro atoms. The molecule has 0 fully saturated rings. The normalized spacial score (nSPS) is 17.7. The summed E-state index contributed by atoms with van der Waals surface area (Å²) >= 11 is 0. The molecule has 312 valence electrons. The van der Waals surface area contributed by atoms with Crippen LogP contribution in [-0.2, 0) is 6.42 Å². The quantitative estimate of drug-likeness (QED) is 0.136. The van der Waals surface area contributed by atoms with Crippen LogP contribution in [0.1, 0.15) is 46.6 Å². The summed E-state index contributed by atoms with van der Waals surface area (Å²) in [4.78, 5) is 4.88. The molecule has 1 aromatic heterocycles. The largest absolute Gasteiger partial charge is 0.333 e. The third kappa shape index (κ3) is 7.10. The summed E-state index contributed by atoms with van der Waals surface area (Å²) in [5.74, 6) is 0.492. The van der Waals surface area contributed by atoms with Crippen molar-refractivity contribution in [3.05, 3.63) is 271 Å². The molecule has 0 N–H and O–H groups in total. The van der Waals surface area contributed by atoms with E-state index in [1.54, 1.807) is 0 Å². The monoisotopic (exact) mass is 835 g/mol. The molecule has 0 bridgehead atoms. The molecule has 9 aromatic rings. The van der Waals surface area contributed by atoms with Crippen molar-refractivity contribution in [1.29, 1.82) is 0 Å². The lowest BCUT2D eigenvalue weighted by Crippen LogP contribution is -2.28. The molecule has 3 nitrogen and oxygen atoms in total. The Morgan fingerprint density at radius 2 is 1.14 bits per heavy atom. The lowest BCUT2D eigenvalue weighted by atomic mass is 9.85. The van der Waals surface area contributed by atoms with Crippen LogP contribution >= 0.6 is 0 Å². The molecule has 3 aliphatic rings. The standard InChI is InChI=1S/C62H49N3/c1-5-17-47(18-6-1)56(48-35-39-61-57(42-48)54-25-13-15-27-59(54)64(61)50-21-9-3-10-22-50)41-44-29-31-45(32-30-44)46-33-36-52(37-34-46)63(49-19-7-2-8-20-49)53-38-40-62-58(43-53)55-26-14-16-28-60(55)65(62)51-23-11-4-12-24-51/h1-21,23-40,42-43,50,55-56,60H,22,41H2. The summed E-state index contributed by atoms with van der Waals surface area (Å²) in [6, 6.07) is 74.6. The van der Waals surface area contributed by atoms with Crippen molar-refractivity contribution >= 4 is 50.2 Å². The first-order valence-corrected chi connectivity index (χ1v) is 23.0. The summed E-state index contributed by atoms with van der Waals surface area (Å²) in [6.45, 7) is 0. The second kappa shape index (κ2) is 16.7. The van der Waals surface area contributed by atoms with Gasteiger partial charge in [-0.2, -0.15) is 0 Å². The Kier molecular flexibility index (Phi) is 9.95. The Bertz CT molecular complexity index is 3270. The number of hydrogen-bond acceptors (Lipinski definition) is 2. The summed E-state index contributed by atoms with van der Waals surface area (Å²) in [6.07, 6.45) is 20.0. The van der Waals surface area contributed by atoms with Gasteiger partial charge in [0.05, 0.1) is 12.1 Å². The van der Waals surface area contributed by atoms with E-state index in [-0.39, 0.29) is 17.9 Å². The van der Waals surface area contributed by atoms with E-state index in [0.29, 0.717) is 6.04 Å². The molecular formula is C62H49N3. The molecular weight excluding hydrogens is 787 g/mol. The first-order valence-electron chi connectivity index (χ1n) is 23.0. The number of allylic oxidation sites excluding steroid dienone is 6. The molecule has 4 atom stereocenters. The second-order valence-corrected chi connectivity index (χ2v) is 17.6. The van der Waals surface area contributed by atoms with Crippen molar-refractivity contribution in [1.82, 2.24) is 4.57 Å². The van der Waals surface area contributed by atoms with Gasteiger partial charge in [0.2, 0.25) is 0 Å². The van der Waals surface area contributed by atoms with Crippen LogP contribution in [0.25, 0.3) is 32.9 Å². The van der Waals surface area contributed by atoms with E-state index in [0.717, 1.165) is 29.9 Å². The van der Waals surface area contributed by atoms with Gasteiger partial charge in [0.25, 0.3) is 0 Å². The van der Waals surface area contributed by atoms with Crippen molar-refractivity contribution in [2.75, 3.05) is 9.80 Å². The number of anilines is 5. The van der Waals surface area contributed by atoms with Crippen molar-refractivity contribution < 1.29 is 0 Å². The molecule has 3 heteroatoms. The van der Waals surface area contributed by atoms with Gasteiger partial charge in [0.1, 0.15) is 0 Å². The SMILES string of the molecule is C1=CCC(n2c3ccccc3c3cc(C(Cc4ccc(-c5ccc(N(c6ccccc6)c6ccc7c(c6)C6C=CC=CC6N7c6ccccc6)cc5)cc4)c4ccccc4)ccc32)C=C1. The fourth-order valence-corrected chi connectivity index (χ4v) is 10.7. The number of hydrogen-bond donors (Lipinski definition) is 0. The Labute approximate surface area is 381 Å². The van der Waals surface area contributed by atoms with Crippen LogP contribution in [0.5, 0.6) is 0 Å². The molecule has 0 saturated heterocycles. The van der Waals surface area contributed by atoms with Crippen LogP contribution in [0, 0.1) is 0 Å². The van der Waals surface area contributed by atoms with Crippen LogP contribution in [0.2, 0.25) is 0 Å². The maximum absolute atomic E-state index is 2.53. The third-order valence-corrected chi connectivity index (χ3v) is 13.8. The maximum Gasteiger partial charge on any atom is 0.0629 e. The minimum atomic E-state index is 0.214. The number of nitrogens with zero attached hydrogens (tertiary/aromatic N) is 3. The van der Waals surface area contributed by atoms with Gasteiger partial charge >= 0.3 is 0 Å². The van der Waals surface area contributed by atoms with Crippen molar-refractivity contribution in [3.8, 4) is 11.1 Å². The number of aromatic nitrogens is 1. The third-order valence-electron chi connectivity index (χ3n) is 13.8. The molecule has 1 aliphatic heterocycles. The topological polar surface area (TPSA) is 11.4 Å². The van der Waals surface area contributed by atoms with Crippen molar-refractivity contribution in [2.45, 2.75) is 36.8 Å². The van der Waals surface area contributed by atoms with E-state index in [1.165, 1.54) is 66.6 Å². The molecule has 2 aliphatic carbocycles. The lowest BCUT2D eigenvalue weighted by Gasteiger charge is -2.28. The highest BCUT2D eigenvalue weighted by Gasteiger charge is 2.38. The van der Waals surface area contributed by atoms with Crippen LogP contribution < -0.4 is 9.80 Å². The zero-order valence-electron chi connectivity index (χ0n) is 36.2. The van der Waals surface area contributed by atoms with Gasteiger partial charge in [-0.05, 0) is 119 Å². The lowest BCUT2D eigenvalue weighted by molar-refractivity contribution is 0.648.